The first-order valence-corrected chi connectivity index (χ1v) is 8.97. The molecule has 1 N–H and O–H groups in total. The van der Waals surface area contributed by atoms with Gasteiger partial charge in [-0.25, -0.2) is 4.79 Å². The maximum atomic E-state index is 12.4. The molecule has 4 aromatic rings. The number of nitrogens with zero attached hydrogens (tertiary/aromatic N) is 2. The Morgan fingerprint density at radius 2 is 1.54 bits per heavy atom. The maximum Gasteiger partial charge on any atom is 0.346 e. The molecule has 0 aliphatic carbocycles. The summed E-state index contributed by atoms with van der Waals surface area (Å²) in [7, 11) is 0. The van der Waals surface area contributed by atoms with E-state index in [1.807, 2.05) is 78.9 Å². The third kappa shape index (κ3) is 4.27. The van der Waals surface area contributed by atoms with Gasteiger partial charge < -0.3 is 10.1 Å². The Morgan fingerprint density at radius 3 is 2.25 bits per heavy atom. The molecular formula is C23H19N3O2. The largest absolute Gasteiger partial charge is 0.489 e. The molecule has 0 aliphatic heterocycles. The lowest BCUT2D eigenvalue weighted by Crippen LogP contribution is -2.19. The van der Waals surface area contributed by atoms with Gasteiger partial charge in [0.2, 0.25) is 0 Å². The monoisotopic (exact) mass is 369 g/mol. The van der Waals surface area contributed by atoms with E-state index in [4.69, 9.17) is 4.74 Å². The number of hydrogen-bond acceptors (Lipinski definition) is 3. The molecule has 0 fully saturated rings. The van der Waals surface area contributed by atoms with Gasteiger partial charge in [-0.15, -0.1) is 0 Å². The average Bonchev–Trinajstić information content (AvgIpc) is 3.25. The van der Waals surface area contributed by atoms with Crippen LogP contribution >= 0.6 is 0 Å². The molecule has 1 aromatic heterocycles. The van der Waals surface area contributed by atoms with Crippen molar-refractivity contribution in [1.82, 2.24) is 9.78 Å². The molecule has 28 heavy (non-hydrogen) atoms. The summed E-state index contributed by atoms with van der Waals surface area (Å²) >= 11 is 0. The number of hydrogen-bond donors (Lipinski definition) is 1. The summed E-state index contributed by atoms with van der Waals surface area (Å²) in [5, 5.41) is 7.17. The fourth-order valence-corrected chi connectivity index (χ4v) is 2.76. The predicted octanol–water partition coefficient (Wildman–Crippen LogP) is 5.21. The van der Waals surface area contributed by atoms with Crippen molar-refractivity contribution >= 4 is 11.7 Å². The Bertz CT molecular complexity index is 1040. The molecule has 0 bridgehead atoms. The zero-order chi connectivity index (χ0) is 19.2. The second-order valence-electron chi connectivity index (χ2n) is 6.24. The van der Waals surface area contributed by atoms with Crippen molar-refractivity contribution < 1.29 is 9.53 Å². The molecular weight excluding hydrogens is 350 g/mol. The molecule has 4 rings (SSSR count). The zero-order valence-corrected chi connectivity index (χ0v) is 15.2. The Labute approximate surface area is 163 Å². The topological polar surface area (TPSA) is 56.1 Å². The van der Waals surface area contributed by atoms with E-state index in [2.05, 4.69) is 10.4 Å². The van der Waals surface area contributed by atoms with Crippen molar-refractivity contribution in [3.05, 3.63) is 103 Å². The highest BCUT2D eigenvalue weighted by Crippen LogP contribution is 2.18. The second-order valence-corrected chi connectivity index (χ2v) is 6.24. The number of nitrogens with one attached hydrogen (secondary N) is 1. The van der Waals surface area contributed by atoms with Crippen molar-refractivity contribution in [2.45, 2.75) is 6.61 Å². The van der Waals surface area contributed by atoms with Gasteiger partial charge in [0, 0.05) is 17.4 Å². The van der Waals surface area contributed by atoms with Crippen LogP contribution < -0.4 is 10.1 Å². The van der Waals surface area contributed by atoms with E-state index in [1.165, 1.54) is 4.68 Å². The third-order valence-corrected chi connectivity index (χ3v) is 4.22. The van der Waals surface area contributed by atoms with Gasteiger partial charge in [0.05, 0.1) is 5.69 Å². The van der Waals surface area contributed by atoms with E-state index in [9.17, 15) is 4.79 Å². The van der Waals surface area contributed by atoms with Crippen LogP contribution in [0.25, 0.3) is 11.3 Å². The highest BCUT2D eigenvalue weighted by molar-refractivity contribution is 5.90. The number of aromatic nitrogens is 2. The molecule has 0 atom stereocenters. The number of carbonyl (C=O) groups is 1. The number of amides is 1. The molecule has 0 unspecified atom stereocenters. The van der Waals surface area contributed by atoms with E-state index in [1.54, 1.807) is 18.3 Å². The number of carbonyl (C=O) groups excluding carboxylic acids is 1. The van der Waals surface area contributed by atoms with Gasteiger partial charge in [0.25, 0.3) is 0 Å². The third-order valence-electron chi connectivity index (χ3n) is 4.22. The predicted molar refractivity (Wildman–Crippen MR) is 109 cm³/mol. The maximum absolute atomic E-state index is 12.4. The highest BCUT2D eigenvalue weighted by Gasteiger charge is 2.09. The van der Waals surface area contributed by atoms with Gasteiger partial charge in [-0.2, -0.15) is 9.78 Å². The van der Waals surface area contributed by atoms with Gasteiger partial charge in [0.15, 0.2) is 0 Å². The molecule has 1 heterocycles. The number of benzene rings is 3. The molecule has 0 saturated heterocycles. The normalized spacial score (nSPS) is 10.4. The fraction of sp³-hybridized carbons (Fsp3) is 0.0435. The van der Waals surface area contributed by atoms with Gasteiger partial charge in [-0.05, 0) is 35.9 Å². The van der Waals surface area contributed by atoms with Crippen LogP contribution in [-0.4, -0.2) is 15.8 Å². The SMILES string of the molecule is O=C(Nc1ccc(OCc2ccccc2)cc1)n1ccc(-c2ccccc2)n1. The Kier molecular flexibility index (Phi) is 5.15. The standard InChI is InChI=1S/C23H19N3O2/c27-23(26-16-15-22(25-26)19-9-5-2-6-10-19)24-20-11-13-21(14-12-20)28-17-18-7-3-1-4-8-18/h1-16H,17H2,(H,24,27). The minimum absolute atomic E-state index is 0.319. The van der Waals surface area contributed by atoms with Gasteiger partial charge >= 0.3 is 6.03 Å². The lowest BCUT2D eigenvalue weighted by atomic mass is 10.2. The second kappa shape index (κ2) is 8.22. The van der Waals surface area contributed by atoms with Gasteiger partial charge in [-0.1, -0.05) is 60.7 Å². The van der Waals surface area contributed by atoms with Crippen LogP contribution in [0.5, 0.6) is 5.75 Å². The summed E-state index contributed by atoms with van der Waals surface area (Å²) in [6.45, 7) is 0.502. The quantitative estimate of drug-likeness (QED) is 0.525. The van der Waals surface area contributed by atoms with E-state index < -0.39 is 0 Å². The molecule has 3 aromatic carbocycles. The van der Waals surface area contributed by atoms with Crippen molar-refractivity contribution in [2.24, 2.45) is 0 Å². The summed E-state index contributed by atoms with van der Waals surface area (Å²) in [6.07, 6.45) is 1.65. The van der Waals surface area contributed by atoms with Crippen molar-refractivity contribution in [2.75, 3.05) is 5.32 Å². The van der Waals surface area contributed by atoms with Crippen molar-refractivity contribution in [3.63, 3.8) is 0 Å². The molecule has 0 saturated carbocycles. The Hall–Kier alpha value is -3.86. The van der Waals surface area contributed by atoms with Crippen LogP contribution in [-0.2, 0) is 6.61 Å². The number of ether oxygens (including phenoxy) is 1. The van der Waals surface area contributed by atoms with E-state index in [0.29, 0.717) is 12.3 Å². The van der Waals surface area contributed by atoms with Crippen molar-refractivity contribution in [1.29, 1.82) is 0 Å². The average molecular weight is 369 g/mol. The first kappa shape index (κ1) is 17.5. The molecule has 0 radical (unpaired) electrons. The van der Waals surface area contributed by atoms with Gasteiger partial charge in [0.1, 0.15) is 12.4 Å². The first-order chi connectivity index (χ1) is 13.8. The molecule has 138 valence electrons. The summed E-state index contributed by atoms with van der Waals surface area (Å²) in [6, 6.07) is 28.5. The molecule has 1 amide bonds. The Morgan fingerprint density at radius 1 is 0.857 bits per heavy atom. The van der Waals surface area contributed by atoms with E-state index in [0.717, 1.165) is 22.6 Å². The van der Waals surface area contributed by atoms with Crippen LogP contribution in [0.4, 0.5) is 10.5 Å². The van der Waals surface area contributed by atoms with Crippen LogP contribution in [0.15, 0.2) is 97.2 Å². The Balaban J connectivity index is 1.36. The molecule has 5 heteroatoms. The van der Waals surface area contributed by atoms with Crippen LogP contribution in [0.1, 0.15) is 5.56 Å². The molecule has 0 spiro atoms. The minimum atomic E-state index is -0.319. The van der Waals surface area contributed by atoms with Crippen LogP contribution in [0, 0.1) is 0 Å². The number of rotatable bonds is 5. The van der Waals surface area contributed by atoms with Crippen LogP contribution in [0.3, 0.4) is 0 Å². The molecule has 0 aliphatic rings. The first-order valence-electron chi connectivity index (χ1n) is 8.97. The number of anilines is 1. The van der Waals surface area contributed by atoms with Gasteiger partial charge in [-0.3, -0.25) is 0 Å². The lowest BCUT2D eigenvalue weighted by molar-refractivity contribution is 0.251. The summed E-state index contributed by atoms with van der Waals surface area (Å²) in [5.74, 6) is 0.743. The smallest absolute Gasteiger partial charge is 0.346 e. The lowest BCUT2D eigenvalue weighted by Gasteiger charge is -2.08. The van der Waals surface area contributed by atoms with Crippen molar-refractivity contribution in [3.8, 4) is 17.0 Å². The minimum Gasteiger partial charge on any atom is -0.489 e. The zero-order valence-electron chi connectivity index (χ0n) is 15.2. The summed E-state index contributed by atoms with van der Waals surface area (Å²) < 4.78 is 7.05. The summed E-state index contributed by atoms with van der Waals surface area (Å²) in [4.78, 5) is 12.4. The van der Waals surface area contributed by atoms with E-state index >= 15 is 0 Å². The molecule has 5 nitrogen and oxygen atoms in total. The fourth-order valence-electron chi connectivity index (χ4n) is 2.76. The van der Waals surface area contributed by atoms with E-state index in [-0.39, 0.29) is 6.03 Å². The van der Waals surface area contributed by atoms with Crippen LogP contribution in [0.2, 0.25) is 0 Å². The highest BCUT2D eigenvalue weighted by atomic mass is 16.5. The summed E-state index contributed by atoms with van der Waals surface area (Å²) in [5.41, 5.74) is 3.50.